The quantitative estimate of drug-likeness (QED) is 0.565. The lowest BCUT2D eigenvalue weighted by atomic mass is 9.99. The van der Waals surface area contributed by atoms with Gasteiger partial charge in [-0.2, -0.15) is 15.2 Å². The van der Waals surface area contributed by atoms with E-state index in [1.54, 1.807) is 29.5 Å². The molecule has 0 saturated carbocycles. The summed E-state index contributed by atoms with van der Waals surface area (Å²) in [5, 5.41) is 19.4. The van der Waals surface area contributed by atoms with E-state index >= 15 is 0 Å². The maximum absolute atomic E-state index is 13.2. The number of hydrogen-bond donors (Lipinski definition) is 3. The Morgan fingerprint density at radius 1 is 1.21 bits per heavy atom. The van der Waals surface area contributed by atoms with Crippen molar-refractivity contribution in [3.05, 3.63) is 59.8 Å². The highest BCUT2D eigenvalue weighted by Crippen LogP contribution is 2.34. The van der Waals surface area contributed by atoms with Gasteiger partial charge in [0.2, 0.25) is 16.0 Å². The second-order valence-corrected chi connectivity index (χ2v) is 8.06. The number of carbonyl (C=O) groups is 1. The molecule has 0 spiro atoms. The van der Waals surface area contributed by atoms with Gasteiger partial charge in [-0.25, -0.2) is 18.2 Å². The second kappa shape index (κ2) is 6.83. The standard InChI is InChI=1S/C17H18N8O3S/c1-10-14(16(26)23-11-3-5-12(6-4-11)29(18,27)28)15(13-7-8-20-24(13)2)25-17(22-10)19-9-21-25/h3-9,15H,1-2H3,(H,23,26)(H2,18,27,28)(H,19,21,22)/t15-/m1/s1. The molecule has 29 heavy (non-hydrogen) atoms. The van der Waals surface area contributed by atoms with Crippen molar-refractivity contribution in [1.82, 2.24) is 24.5 Å². The molecule has 1 aliphatic heterocycles. The number of nitrogens with zero attached hydrogens (tertiary/aromatic N) is 5. The predicted octanol–water partition coefficient (Wildman–Crippen LogP) is 0.587. The van der Waals surface area contributed by atoms with E-state index in [0.717, 1.165) is 5.69 Å². The second-order valence-electron chi connectivity index (χ2n) is 6.50. The van der Waals surface area contributed by atoms with Crippen LogP contribution in [0.1, 0.15) is 18.7 Å². The van der Waals surface area contributed by atoms with Crippen LogP contribution < -0.4 is 15.8 Å². The molecule has 4 rings (SSSR count). The Hall–Kier alpha value is -3.51. The zero-order chi connectivity index (χ0) is 20.8. The Kier molecular flexibility index (Phi) is 4.43. The van der Waals surface area contributed by atoms with Gasteiger partial charge < -0.3 is 10.6 Å². The van der Waals surface area contributed by atoms with Crippen LogP contribution in [-0.2, 0) is 21.9 Å². The number of allylic oxidation sites excluding steroid dienone is 1. The maximum atomic E-state index is 13.2. The highest BCUT2D eigenvalue weighted by molar-refractivity contribution is 7.89. The maximum Gasteiger partial charge on any atom is 0.255 e. The summed E-state index contributed by atoms with van der Waals surface area (Å²) in [5.74, 6) is 0.147. The average Bonchev–Trinajstić information content (AvgIpc) is 3.28. The van der Waals surface area contributed by atoms with Crippen LogP contribution in [0.15, 0.2) is 59.0 Å². The average molecular weight is 414 g/mol. The summed E-state index contributed by atoms with van der Waals surface area (Å²) in [4.78, 5) is 17.3. The van der Waals surface area contributed by atoms with Crippen molar-refractivity contribution in [3.63, 3.8) is 0 Å². The van der Waals surface area contributed by atoms with Crippen LogP contribution in [0.25, 0.3) is 0 Å². The molecule has 1 aromatic carbocycles. The molecule has 4 N–H and O–H groups in total. The van der Waals surface area contributed by atoms with Crippen molar-refractivity contribution in [2.45, 2.75) is 17.9 Å². The van der Waals surface area contributed by atoms with Gasteiger partial charge in [0.25, 0.3) is 5.91 Å². The summed E-state index contributed by atoms with van der Waals surface area (Å²) < 4.78 is 26.1. The molecule has 0 bridgehead atoms. The Bertz CT molecular complexity index is 1220. The first kappa shape index (κ1) is 18.8. The molecule has 3 heterocycles. The first-order valence-electron chi connectivity index (χ1n) is 8.55. The number of primary sulfonamides is 1. The Balaban J connectivity index is 1.70. The molecular formula is C17H18N8O3S. The molecule has 3 aromatic rings. The van der Waals surface area contributed by atoms with Gasteiger partial charge in [0.1, 0.15) is 12.4 Å². The Morgan fingerprint density at radius 3 is 2.55 bits per heavy atom. The highest BCUT2D eigenvalue weighted by Gasteiger charge is 2.35. The van der Waals surface area contributed by atoms with E-state index in [9.17, 15) is 13.2 Å². The summed E-state index contributed by atoms with van der Waals surface area (Å²) in [6, 6.07) is 6.89. The fourth-order valence-corrected chi connectivity index (χ4v) is 3.75. The molecule has 1 aliphatic rings. The number of anilines is 2. The third kappa shape index (κ3) is 3.39. The topological polar surface area (TPSA) is 150 Å². The van der Waals surface area contributed by atoms with Crippen LogP contribution in [-0.4, -0.2) is 38.9 Å². The number of amides is 1. The van der Waals surface area contributed by atoms with Gasteiger partial charge in [-0.05, 0) is 37.3 Å². The minimum absolute atomic E-state index is 0.0368. The first-order chi connectivity index (χ1) is 13.8. The summed E-state index contributed by atoms with van der Waals surface area (Å²) in [6.45, 7) is 1.78. The van der Waals surface area contributed by atoms with Crippen molar-refractivity contribution in [3.8, 4) is 0 Å². The van der Waals surface area contributed by atoms with Crippen LogP contribution >= 0.6 is 0 Å². The summed E-state index contributed by atoms with van der Waals surface area (Å²) in [5.41, 5.74) is 2.24. The fourth-order valence-electron chi connectivity index (χ4n) is 3.24. The van der Waals surface area contributed by atoms with Crippen molar-refractivity contribution >= 4 is 27.6 Å². The van der Waals surface area contributed by atoms with Crippen LogP contribution in [0.3, 0.4) is 0 Å². The van der Waals surface area contributed by atoms with E-state index in [1.165, 1.54) is 30.6 Å². The van der Waals surface area contributed by atoms with Gasteiger partial charge in [-0.3, -0.25) is 9.48 Å². The van der Waals surface area contributed by atoms with Crippen molar-refractivity contribution in [2.24, 2.45) is 12.2 Å². The lowest BCUT2D eigenvalue weighted by Crippen LogP contribution is -2.32. The zero-order valence-corrected chi connectivity index (χ0v) is 16.4. The molecule has 0 fully saturated rings. The van der Waals surface area contributed by atoms with E-state index < -0.39 is 16.1 Å². The SMILES string of the molecule is CC1=C(C(=O)Nc2ccc(S(N)(=O)=O)cc2)[C@@H](c2ccnn2C)n2ncnc2N1. The number of rotatable bonds is 4. The van der Waals surface area contributed by atoms with Crippen LogP contribution in [0.5, 0.6) is 0 Å². The molecular weight excluding hydrogens is 396 g/mol. The first-order valence-corrected chi connectivity index (χ1v) is 10.1. The molecule has 0 saturated heterocycles. The summed E-state index contributed by atoms with van der Waals surface area (Å²) in [7, 11) is -2.03. The molecule has 2 aromatic heterocycles. The third-order valence-electron chi connectivity index (χ3n) is 4.62. The van der Waals surface area contributed by atoms with Gasteiger partial charge >= 0.3 is 0 Å². The Labute approximate surface area is 166 Å². The third-order valence-corrected chi connectivity index (χ3v) is 5.55. The predicted molar refractivity (Wildman–Crippen MR) is 104 cm³/mol. The summed E-state index contributed by atoms with van der Waals surface area (Å²) in [6.07, 6.45) is 3.05. The van der Waals surface area contributed by atoms with Crippen LogP contribution in [0.4, 0.5) is 11.6 Å². The number of benzene rings is 1. The molecule has 11 nitrogen and oxygen atoms in total. The minimum Gasteiger partial charge on any atom is -0.328 e. The van der Waals surface area contributed by atoms with E-state index in [-0.39, 0.29) is 10.8 Å². The largest absolute Gasteiger partial charge is 0.328 e. The van der Waals surface area contributed by atoms with Crippen molar-refractivity contribution in [2.75, 3.05) is 10.6 Å². The van der Waals surface area contributed by atoms with Gasteiger partial charge in [0, 0.05) is 24.6 Å². The Morgan fingerprint density at radius 2 is 1.93 bits per heavy atom. The van der Waals surface area contributed by atoms with E-state index in [1.807, 2.05) is 6.07 Å². The van der Waals surface area contributed by atoms with Crippen LogP contribution in [0, 0.1) is 0 Å². The molecule has 0 radical (unpaired) electrons. The summed E-state index contributed by atoms with van der Waals surface area (Å²) >= 11 is 0. The van der Waals surface area contributed by atoms with Gasteiger partial charge in [-0.1, -0.05) is 0 Å². The number of fused-ring (bicyclic) bond motifs is 1. The number of sulfonamides is 1. The fraction of sp³-hybridized carbons (Fsp3) is 0.176. The van der Waals surface area contributed by atoms with Gasteiger partial charge in [0.05, 0.1) is 16.2 Å². The molecule has 1 atom stereocenters. The molecule has 1 amide bonds. The van der Waals surface area contributed by atoms with E-state index in [4.69, 9.17) is 5.14 Å². The molecule has 0 aliphatic carbocycles. The smallest absolute Gasteiger partial charge is 0.255 e. The molecule has 150 valence electrons. The number of aryl methyl sites for hydroxylation is 1. The number of carbonyl (C=O) groups excluding carboxylic acids is 1. The van der Waals surface area contributed by atoms with Crippen molar-refractivity contribution in [1.29, 1.82) is 0 Å². The lowest BCUT2D eigenvalue weighted by Gasteiger charge is -2.28. The number of aromatic nitrogens is 5. The van der Waals surface area contributed by atoms with E-state index in [2.05, 4.69) is 25.8 Å². The molecule has 0 unspecified atom stereocenters. The minimum atomic E-state index is -3.81. The monoisotopic (exact) mass is 414 g/mol. The zero-order valence-electron chi connectivity index (χ0n) is 15.6. The van der Waals surface area contributed by atoms with E-state index in [0.29, 0.717) is 22.9 Å². The van der Waals surface area contributed by atoms with Crippen molar-refractivity contribution < 1.29 is 13.2 Å². The number of nitrogens with one attached hydrogen (secondary N) is 2. The lowest BCUT2D eigenvalue weighted by molar-refractivity contribution is -0.113. The highest BCUT2D eigenvalue weighted by atomic mass is 32.2. The normalized spacial score (nSPS) is 16.3. The number of nitrogens with two attached hydrogens (primary N) is 1. The van der Waals surface area contributed by atoms with Crippen LogP contribution in [0.2, 0.25) is 0 Å². The van der Waals surface area contributed by atoms with Gasteiger partial charge in [-0.15, -0.1) is 0 Å². The number of hydrogen-bond acceptors (Lipinski definition) is 7. The van der Waals surface area contributed by atoms with Gasteiger partial charge in [0.15, 0.2) is 0 Å². The molecule has 12 heteroatoms.